The number of fused-ring (bicyclic) bond motifs is 3. The first-order valence-electron chi connectivity index (χ1n) is 7.01. The fraction of sp³-hybridized carbons (Fsp3) is 0.733. The minimum Gasteiger partial charge on any atom is -0.501 e. The first kappa shape index (κ1) is 12.2. The van der Waals surface area contributed by atoms with Gasteiger partial charge < -0.3 is 14.4 Å². The predicted molar refractivity (Wildman–Crippen MR) is 71.2 cm³/mol. The molecule has 4 aliphatic rings. The third-order valence-electron chi connectivity index (χ3n) is 4.85. The Bertz CT molecular complexity index is 367. The van der Waals surface area contributed by atoms with E-state index in [0.717, 1.165) is 18.1 Å². The highest BCUT2D eigenvalue weighted by Gasteiger charge is 2.38. The normalized spacial score (nSPS) is 39.2. The van der Waals surface area contributed by atoms with E-state index in [4.69, 9.17) is 9.47 Å². The Kier molecular flexibility index (Phi) is 3.44. The van der Waals surface area contributed by atoms with Gasteiger partial charge in [0.25, 0.3) is 0 Å². The molecule has 3 heteroatoms. The number of nitrogens with zero attached hydrogens (tertiary/aromatic N) is 1. The van der Waals surface area contributed by atoms with E-state index in [1.54, 1.807) is 7.11 Å². The topological polar surface area (TPSA) is 21.7 Å². The second-order valence-corrected chi connectivity index (χ2v) is 5.68. The Hall–Kier alpha value is -0.800. The van der Waals surface area contributed by atoms with Crippen LogP contribution < -0.4 is 0 Å². The molecule has 3 aliphatic heterocycles. The van der Waals surface area contributed by atoms with E-state index < -0.39 is 0 Å². The van der Waals surface area contributed by atoms with Crippen LogP contribution in [0.4, 0.5) is 0 Å². The summed E-state index contributed by atoms with van der Waals surface area (Å²) < 4.78 is 11.0. The van der Waals surface area contributed by atoms with Gasteiger partial charge in [0.15, 0.2) is 0 Å². The summed E-state index contributed by atoms with van der Waals surface area (Å²) in [7, 11) is 3.56. The molecule has 0 radical (unpaired) electrons. The molecular weight excluding hydrogens is 226 g/mol. The van der Waals surface area contributed by atoms with Crippen LogP contribution in [0.1, 0.15) is 19.3 Å². The highest BCUT2D eigenvalue weighted by molar-refractivity contribution is 5.29. The molecule has 18 heavy (non-hydrogen) atoms. The van der Waals surface area contributed by atoms with Gasteiger partial charge in [-0.05, 0) is 49.4 Å². The summed E-state index contributed by atoms with van der Waals surface area (Å²) in [6.07, 6.45) is 8.21. The van der Waals surface area contributed by atoms with Crippen molar-refractivity contribution in [1.82, 2.24) is 4.90 Å². The van der Waals surface area contributed by atoms with Gasteiger partial charge in [0.1, 0.15) is 0 Å². The Balaban J connectivity index is 1.81. The molecule has 0 aromatic rings. The van der Waals surface area contributed by atoms with Crippen molar-refractivity contribution in [2.45, 2.75) is 25.4 Å². The maximum atomic E-state index is 5.69. The van der Waals surface area contributed by atoms with E-state index >= 15 is 0 Å². The number of methoxy groups -OCH3 is 2. The molecule has 0 saturated carbocycles. The minimum absolute atomic E-state index is 0.218. The zero-order valence-electron chi connectivity index (χ0n) is 11.4. The van der Waals surface area contributed by atoms with Crippen molar-refractivity contribution >= 4 is 0 Å². The fourth-order valence-corrected chi connectivity index (χ4v) is 3.74. The number of hydrogen-bond donors (Lipinski definition) is 0. The molecule has 100 valence electrons. The third kappa shape index (κ3) is 2.10. The molecular formula is C15H23NO2. The standard InChI is InChI=1S/C15H23NO2/c1-17-12-3-4-13(15(9-12)18-2)14-10-16-7-5-11(14)6-8-16/h3-4,11,14-15H,5-10H2,1-2H3. The fourth-order valence-electron chi connectivity index (χ4n) is 3.74. The number of allylic oxidation sites excluding steroid dienone is 2. The Labute approximate surface area is 109 Å². The average Bonchev–Trinajstić information content (AvgIpc) is 2.47. The van der Waals surface area contributed by atoms with Gasteiger partial charge in [-0.25, -0.2) is 0 Å². The molecule has 0 aromatic carbocycles. The van der Waals surface area contributed by atoms with Crippen molar-refractivity contribution in [3.8, 4) is 0 Å². The maximum absolute atomic E-state index is 5.69. The second-order valence-electron chi connectivity index (χ2n) is 5.68. The number of hydrogen-bond acceptors (Lipinski definition) is 3. The van der Waals surface area contributed by atoms with Crippen LogP contribution >= 0.6 is 0 Å². The van der Waals surface area contributed by atoms with Crippen LogP contribution in [0.25, 0.3) is 0 Å². The average molecular weight is 249 g/mol. The van der Waals surface area contributed by atoms with Gasteiger partial charge in [0, 0.05) is 20.1 Å². The van der Waals surface area contributed by atoms with Crippen molar-refractivity contribution in [1.29, 1.82) is 0 Å². The van der Waals surface area contributed by atoms with Gasteiger partial charge in [-0.2, -0.15) is 0 Å². The molecule has 3 heterocycles. The summed E-state index contributed by atoms with van der Waals surface area (Å²) >= 11 is 0. The van der Waals surface area contributed by atoms with Crippen LogP contribution in [0.15, 0.2) is 23.5 Å². The monoisotopic (exact) mass is 249 g/mol. The van der Waals surface area contributed by atoms with Crippen LogP contribution in [0, 0.1) is 11.8 Å². The predicted octanol–water partition coefficient (Wildman–Crippen LogP) is 2.20. The van der Waals surface area contributed by atoms with Crippen LogP contribution in [0.2, 0.25) is 0 Å². The van der Waals surface area contributed by atoms with Crippen molar-refractivity contribution < 1.29 is 9.47 Å². The number of rotatable bonds is 3. The van der Waals surface area contributed by atoms with Crippen molar-refractivity contribution in [2.75, 3.05) is 33.9 Å². The Morgan fingerprint density at radius 3 is 2.50 bits per heavy atom. The zero-order chi connectivity index (χ0) is 12.5. The van der Waals surface area contributed by atoms with Gasteiger partial charge in [0.05, 0.1) is 19.0 Å². The first-order chi connectivity index (χ1) is 8.81. The largest absolute Gasteiger partial charge is 0.501 e. The van der Waals surface area contributed by atoms with Crippen molar-refractivity contribution in [3.63, 3.8) is 0 Å². The summed E-state index contributed by atoms with van der Waals surface area (Å²) in [6.45, 7) is 3.82. The molecule has 0 N–H and O–H groups in total. The quantitative estimate of drug-likeness (QED) is 0.765. The molecule has 0 aromatic heterocycles. The lowest BCUT2D eigenvalue weighted by Crippen LogP contribution is -2.49. The summed E-state index contributed by atoms with van der Waals surface area (Å²) in [6, 6.07) is 0. The Morgan fingerprint density at radius 1 is 1.17 bits per heavy atom. The molecule has 0 spiro atoms. The molecule has 3 saturated heterocycles. The van der Waals surface area contributed by atoms with Crippen molar-refractivity contribution in [2.24, 2.45) is 11.8 Å². The van der Waals surface area contributed by atoms with E-state index in [-0.39, 0.29) is 6.10 Å². The summed E-state index contributed by atoms with van der Waals surface area (Å²) in [5.41, 5.74) is 1.49. The lowest BCUT2D eigenvalue weighted by atomic mass is 9.72. The van der Waals surface area contributed by atoms with E-state index in [0.29, 0.717) is 5.92 Å². The van der Waals surface area contributed by atoms with Crippen LogP contribution in [-0.4, -0.2) is 44.9 Å². The van der Waals surface area contributed by atoms with Gasteiger partial charge >= 0.3 is 0 Å². The summed E-state index contributed by atoms with van der Waals surface area (Å²) in [4.78, 5) is 2.60. The highest BCUT2D eigenvalue weighted by Crippen LogP contribution is 2.40. The van der Waals surface area contributed by atoms with Gasteiger partial charge in [-0.15, -0.1) is 0 Å². The SMILES string of the molecule is COC1=CC=C(C2CN3CCC2CC3)C(OC)C1. The minimum atomic E-state index is 0.218. The van der Waals surface area contributed by atoms with Crippen LogP contribution in [-0.2, 0) is 9.47 Å². The van der Waals surface area contributed by atoms with Crippen LogP contribution in [0.5, 0.6) is 0 Å². The van der Waals surface area contributed by atoms with Gasteiger partial charge in [0.2, 0.25) is 0 Å². The highest BCUT2D eigenvalue weighted by atomic mass is 16.5. The van der Waals surface area contributed by atoms with Crippen LogP contribution in [0.3, 0.4) is 0 Å². The molecule has 4 rings (SSSR count). The smallest absolute Gasteiger partial charge is 0.0984 e. The molecule has 2 bridgehead atoms. The molecule has 3 nitrogen and oxygen atoms in total. The summed E-state index contributed by atoms with van der Waals surface area (Å²) in [5, 5.41) is 0. The Morgan fingerprint density at radius 2 is 1.94 bits per heavy atom. The molecule has 2 atom stereocenters. The van der Waals surface area contributed by atoms with E-state index in [2.05, 4.69) is 17.1 Å². The molecule has 3 fully saturated rings. The zero-order valence-corrected chi connectivity index (χ0v) is 11.4. The van der Waals surface area contributed by atoms with Gasteiger partial charge in [-0.1, -0.05) is 6.08 Å². The van der Waals surface area contributed by atoms with Gasteiger partial charge in [-0.3, -0.25) is 0 Å². The number of ether oxygens (including phenoxy) is 2. The molecule has 0 amide bonds. The van der Waals surface area contributed by atoms with Crippen molar-refractivity contribution in [3.05, 3.63) is 23.5 Å². The molecule has 2 unspecified atom stereocenters. The maximum Gasteiger partial charge on any atom is 0.0984 e. The van der Waals surface area contributed by atoms with E-state index in [1.165, 1.54) is 38.0 Å². The lowest BCUT2D eigenvalue weighted by molar-refractivity contribution is 0.0407. The summed E-state index contributed by atoms with van der Waals surface area (Å²) in [5.74, 6) is 2.61. The van der Waals surface area contributed by atoms with E-state index in [9.17, 15) is 0 Å². The third-order valence-corrected chi connectivity index (χ3v) is 4.85. The molecule has 1 aliphatic carbocycles. The lowest BCUT2D eigenvalue weighted by Gasteiger charge is -2.47. The second kappa shape index (κ2) is 5.06. The first-order valence-corrected chi connectivity index (χ1v) is 7.01. The number of piperidine rings is 3. The van der Waals surface area contributed by atoms with E-state index in [1.807, 2.05) is 7.11 Å².